The van der Waals surface area contributed by atoms with E-state index in [9.17, 15) is 8.42 Å². The van der Waals surface area contributed by atoms with Crippen molar-refractivity contribution in [3.63, 3.8) is 0 Å². The average Bonchev–Trinajstić information content (AvgIpc) is 2.88. The Balaban J connectivity index is 2.22. The third-order valence-electron chi connectivity index (χ3n) is 3.01. The number of anilines is 1. The van der Waals surface area contributed by atoms with E-state index in [2.05, 4.69) is 25.3 Å². The minimum atomic E-state index is -3.22. The molecule has 0 aliphatic carbocycles. The van der Waals surface area contributed by atoms with Gasteiger partial charge >= 0.3 is 0 Å². The molecule has 0 atom stereocenters. The van der Waals surface area contributed by atoms with E-state index in [1.165, 1.54) is 12.6 Å². The van der Waals surface area contributed by atoms with Gasteiger partial charge in [-0.25, -0.2) is 13.4 Å². The molecular formula is C11H15ClN6O2S. The summed E-state index contributed by atoms with van der Waals surface area (Å²) in [5.74, 6) is 0.502. The van der Waals surface area contributed by atoms with Crippen LogP contribution >= 0.6 is 11.6 Å². The number of nitrogens with zero attached hydrogens (tertiary/aromatic N) is 5. The lowest BCUT2D eigenvalue weighted by Gasteiger charge is -2.22. The van der Waals surface area contributed by atoms with E-state index in [1.54, 1.807) is 30.8 Å². The Bertz CT molecular complexity index is 729. The van der Waals surface area contributed by atoms with Gasteiger partial charge in [0.2, 0.25) is 17.2 Å². The van der Waals surface area contributed by atoms with E-state index < -0.39 is 14.6 Å². The monoisotopic (exact) mass is 330 g/mol. The zero-order chi connectivity index (χ0) is 15.7. The van der Waals surface area contributed by atoms with Crippen LogP contribution in [0.1, 0.15) is 13.8 Å². The first-order valence-corrected chi connectivity index (χ1v) is 8.29. The van der Waals surface area contributed by atoms with E-state index in [1.807, 2.05) is 0 Å². The molecule has 1 N–H and O–H groups in total. The predicted octanol–water partition coefficient (Wildman–Crippen LogP) is 0.946. The first-order valence-electron chi connectivity index (χ1n) is 6.02. The van der Waals surface area contributed by atoms with Gasteiger partial charge in [0, 0.05) is 25.2 Å². The zero-order valence-corrected chi connectivity index (χ0v) is 13.4. The van der Waals surface area contributed by atoms with Gasteiger partial charge in [-0.3, -0.25) is 4.57 Å². The number of nitrogens with one attached hydrogen (secondary N) is 1. The molecule has 0 spiro atoms. The maximum Gasteiger partial charge on any atom is 0.241 e. The van der Waals surface area contributed by atoms with Crippen molar-refractivity contribution in [3.8, 4) is 5.95 Å². The van der Waals surface area contributed by atoms with Crippen LogP contribution in [0.5, 0.6) is 0 Å². The summed E-state index contributed by atoms with van der Waals surface area (Å²) in [5.41, 5.74) is 0. The number of rotatable bonds is 5. The topological polar surface area (TPSA) is 103 Å². The highest BCUT2D eigenvalue weighted by Gasteiger charge is 2.30. The summed E-state index contributed by atoms with van der Waals surface area (Å²) in [6.45, 7) is 3.39. The number of sulfone groups is 1. The van der Waals surface area contributed by atoms with E-state index in [4.69, 9.17) is 11.6 Å². The van der Waals surface area contributed by atoms with Crippen molar-refractivity contribution in [3.05, 3.63) is 24.0 Å². The molecule has 10 heteroatoms. The lowest BCUT2D eigenvalue weighted by atomic mass is 10.2. The summed E-state index contributed by atoms with van der Waals surface area (Å²) in [6, 6.07) is 0. The van der Waals surface area contributed by atoms with Crippen LogP contribution in [-0.2, 0) is 9.84 Å². The van der Waals surface area contributed by atoms with Gasteiger partial charge in [-0.15, -0.1) is 0 Å². The Morgan fingerprint density at radius 3 is 2.62 bits per heavy atom. The number of imidazole rings is 1. The van der Waals surface area contributed by atoms with Crippen LogP contribution in [0.25, 0.3) is 5.95 Å². The molecule has 114 valence electrons. The Hall–Kier alpha value is -1.74. The van der Waals surface area contributed by atoms with Crippen molar-refractivity contribution in [2.24, 2.45) is 0 Å². The molecule has 0 aliphatic heterocycles. The van der Waals surface area contributed by atoms with Crippen LogP contribution in [0.15, 0.2) is 18.7 Å². The predicted molar refractivity (Wildman–Crippen MR) is 79.4 cm³/mol. The van der Waals surface area contributed by atoms with Crippen LogP contribution in [0.2, 0.25) is 5.28 Å². The van der Waals surface area contributed by atoms with E-state index in [0.717, 1.165) is 0 Å². The third kappa shape index (κ3) is 3.67. The Kier molecular flexibility index (Phi) is 4.15. The lowest BCUT2D eigenvalue weighted by Crippen LogP contribution is -2.38. The molecule has 0 aromatic carbocycles. The standard InChI is InChI=1S/C11H15ClN6O2S/c1-11(2,21(3,19)20)6-14-9-15-8(12)16-10(17-9)18-5-4-13-7-18/h4-5,7H,6H2,1-3H3,(H,14,15,16,17). The first kappa shape index (κ1) is 15.6. The van der Waals surface area contributed by atoms with E-state index in [-0.39, 0.29) is 17.8 Å². The Labute approximate surface area is 127 Å². The largest absolute Gasteiger partial charge is 0.352 e. The van der Waals surface area contributed by atoms with Gasteiger partial charge in [0.1, 0.15) is 6.33 Å². The summed E-state index contributed by atoms with van der Waals surface area (Å²) in [5, 5.41) is 2.88. The van der Waals surface area contributed by atoms with Gasteiger partial charge in [0.05, 0.1) is 4.75 Å². The summed E-state index contributed by atoms with van der Waals surface area (Å²) in [7, 11) is -3.22. The number of hydrogen-bond acceptors (Lipinski definition) is 7. The minimum absolute atomic E-state index is 0.00774. The second kappa shape index (κ2) is 5.57. The normalized spacial score (nSPS) is 12.4. The molecule has 0 bridgehead atoms. The molecule has 0 aliphatic rings. The second-order valence-electron chi connectivity index (χ2n) is 5.08. The van der Waals surface area contributed by atoms with Crippen molar-refractivity contribution in [2.45, 2.75) is 18.6 Å². The summed E-state index contributed by atoms with van der Waals surface area (Å²) in [6.07, 6.45) is 5.95. The fourth-order valence-corrected chi connectivity index (χ4v) is 1.82. The molecule has 0 saturated heterocycles. The number of halogens is 1. The highest BCUT2D eigenvalue weighted by Crippen LogP contribution is 2.16. The van der Waals surface area contributed by atoms with Crippen LogP contribution in [-0.4, -0.2) is 50.5 Å². The Morgan fingerprint density at radius 1 is 1.33 bits per heavy atom. The fourth-order valence-electron chi connectivity index (χ4n) is 1.33. The molecule has 2 aromatic rings. The van der Waals surface area contributed by atoms with E-state index >= 15 is 0 Å². The molecule has 0 fully saturated rings. The smallest absolute Gasteiger partial charge is 0.241 e. The molecule has 2 rings (SSSR count). The van der Waals surface area contributed by atoms with Crippen LogP contribution in [0.4, 0.5) is 5.95 Å². The van der Waals surface area contributed by atoms with Crippen LogP contribution in [0, 0.1) is 0 Å². The van der Waals surface area contributed by atoms with Gasteiger partial charge in [0.15, 0.2) is 9.84 Å². The average molecular weight is 331 g/mol. The minimum Gasteiger partial charge on any atom is -0.352 e. The molecule has 2 aromatic heterocycles. The number of aromatic nitrogens is 5. The first-order chi connectivity index (χ1) is 9.69. The van der Waals surface area contributed by atoms with Gasteiger partial charge in [-0.2, -0.15) is 15.0 Å². The molecule has 0 amide bonds. The molecule has 21 heavy (non-hydrogen) atoms. The fraction of sp³-hybridized carbons (Fsp3) is 0.455. The number of hydrogen-bond donors (Lipinski definition) is 1. The maximum absolute atomic E-state index is 11.7. The highest BCUT2D eigenvalue weighted by molar-refractivity contribution is 7.92. The molecule has 0 unspecified atom stereocenters. The van der Waals surface area contributed by atoms with Crippen LogP contribution in [0.3, 0.4) is 0 Å². The van der Waals surface area contributed by atoms with Crippen molar-refractivity contribution < 1.29 is 8.42 Å². The summed E-state index contributed by atoms with van der Waals surface area (Å²) < 4.78 is 23.9. The molecular weight excluding hydrogens is 316 g/mol. The van der Waals surface area contributed by atoms with Gasteiger partial charge in [0.25, 0.3) is 0 Å². The summed E-state index contributed by atoms with van der Waals surface area (Å²) >= 11 is 5.85. The molecule has 2 heterocycles. The molecule has 0 radical (unpaired) electrons. The Morgan fingerprint density at radius 2 is 2.05 bits per heavy atom. The van der Waals surface area contributed by atoms with Gasteiger partial charge < -0.3 is 5.32 Å². The summed E-state index contributed by atoms with van der Waals surface area (Å²) in [4.78, 5) is 16.0. The maximum atomic E-state index is 11.7. The SMILES string of the molecule is CC(C)(CNc1nc(Cl)nc(-n2ccnc2)n1)S(C)(=O)=O. The second-order valence-corrected chi connectivity index (χ2v) is 8.07. The quantitative estimate of drug-likeness (QED) is 0.870. The molecule has 8 nitrogen and oxygen atoms in total. The van der Waals surface area contributed by atoms with E-state index in [0.29, 0.717) is 5.95 Å². The van der Waals surface area contributed by atoms with Gasteiger partial charge in [-0.05, 0) is 25.4 Å². The van der Waals surface area contributed by atoms with Crippen molar-refractivity contribution in [1.29, 1.82) is 0 Å². The van der Waals surface area contributed by atoms with Gasteiger partial charge in [-0.1, -0.05) is 0 Å². The van der Waals surface area contributed by atoms with Crippen molar-refractivity contribution in [1.82, 2.24) is 24.5 Å². The molecule has 0 saturated carbocycles. The van der Waals surface area contributed by atoms with Crippen molar-refractivity contribution >= 4 is 27.4 Å². The zero-order valence-electron chi connectivity index (χ0n) is 11.8. The van der Waals surface area contributed by atoms with Crippen LogP contribution < -0.4 is 5.32 Å². The highest BCUT2D eigenvalue weighted by atomic mass is 35.5. The van der Waals surface area contributed by atoms with Crippen molar-refractivity contribution in [2.75, 3.05) is 18.1 Å². The lowest BCUT2D eigenvalue weighted by molar-refractivity contribution is 0.559. The third-order valence-corrected chi connectivity index (χ3v) is 5.33.